The molecule has 4 aromatic rings. The Kier molecular flexibility index (Phi) is 4.69. The van der Waals surface area contributed by atoms with Crippen molar-refractivity contribution in [3.63, 3.8) is 0 Å². The molecule has 0 aromatic carbocycles. The fraction of sp³-hybridized carbons (Fsp3) is 0.348. The molecule has 0 amide bonds. The average Bonchev–Trinajstić information content (AvgIpc) is 3.08. The van der Waals surface area contributed by atoms with Crippen molar-refractivity contribution in [2.75, 3.05) is 18.6 Å². The molecule has 0 saturated heterocycles. The number of aromatic nitrogens is 6. The van der Waals surface area contributed by atoms with Gasteiger partial charge in [0.15, 0.2) is 0 Å². The van der Waals surface area contributed by atoms with E-state index in [0.29, 0.717) is 18.2 Å². The Hall–Kier alpha value is -3.75. The van der Waals surface area contributed by atoms with Crippen molar-refractivity contribution in [3.8, 4) is 17.0 Å². The summed E-state index contributed by atoms with van der Waals surface area (Å²) < 4.78 is 8.12. The summed E-state index contributed by atoms with van der Waals surface area (Å²) in [6, 6.07) is 4.12. The standard InChI is InChI=1S/C23H25N7O2/c1-13-8-20(32-5)25-11-18(13)16-9-17-12-29(7-6-19(17)24-10-16)21-14(2)15(3)30-22(26-21)27-28(4)23(30)31/h8-11H,6-7,12H2,1-5H3. The van der Waals surface area contributed by atoms with Gasteiger partial charge in [0.25, 0.3) is 5.78 Å². The van der Waals surface area contributed by atoms with Crippen LogP contribution in [-0.2, 0) is 20.0 Å². The van der Waals surface area contributed by atoms with E-state index in [-0.39, 0.29) is 5.69 Å². The first-order valence-electron chi connectivity index (χ1n) is 10.5. The van der Waals surface area contributed by atoms with Gasteiger partial charge in [-0.3, -0.25) is 4.98 Å². The van der Waals surface area contributed by atoms with Gasteiger partial charge in [0.1, 0.15) is 5.82 Å². The number of methoxy groups -OCH3 is 1. The van der Waals surface area contributed by atoms with Gasteiger partial charge in [-0.15, -0.1) is 5.10 Å². The average molecular weight is 432 g/mol. The molecule has 1 aliphatic heterocycles. The predicted octanol–water partition coefficient (Wildman–Crippen LogP) is 2.38. The number of fused-ring (bicyclic) bond motifs is 2. The molecule has 0 atom stereocenters. The highest BCUT2D eigenvalue weighted by molar-refractivity contribution is 5.67. The summed E-state index contributed by atoms with van der Waals surface area (Å²) in [6.07, 6.45) is 4.58. The summed E-state index contributed by atoms with van der Waals surface area (Å²) in [7, 11) is 3.26. The van der Waals surface area contributed by atoms with Gasteiger partial charge in [0.2, 0.25) is 5.88 Å². The summed E-state index contributed by atoms with van der Waals surface area (Å²) in [4.78, 5) is 28.5. The van der Waals surface area contributed by atoms with Crippen molar-refractivity contribution < 1.29 is 4.74 Å². The van der Waals surface area contributed by atoms with Crippen molar-refractivity contribution in [2.24, 2.45) is 7.05 Å². The predicted molar refractivity (Wildman–Crippen MR) is 121 cm³/mol. The lowest BCUT2D eigenvalue weighted by molar-refractivity contribution is 0.397. The molecule has 164 valence electrons. The minimum atomic E-state index is -0.180. The minimum absolute atomic E-state index is 0.180. The third-order valence-corrected chi connectivity index (χ3v) is 6.27. The zero-order valence-corrected chi connectivity index (χ0v) is 18.9. The van der Waals surface area contributed by atoms with Gasteiger partial charge in [-0.1, -0.05) is 0 Å². The highest BCUT2D eigenvalue weighted by atomic mass is 16.5. The smallest absolute Gasteiger partial charge is 0.351 e. The van der Waals surface area contributed by atoms with E-state index in [9.17, 15) is 4.79 Å². The van der Waals surface area contributed by atoms with E-state index < -0.39 is 0 Å². The van der Waals surface area contributed by atoms with Crippen molar-refractivity contribution in [2.45, 2.75) is 33.7 Å². The Labute approximate surface area is 185 Å². The second-order valence-electron chi connectivity index (χ2n) is 8.23. The molecule has 5 rings (SSSR count). The highest BCUT2D eigenvalue weighted by Crippen LogP contribution is 2.30. The Bertz CT molecular complexity index is 1420. The normalized spacial score (nSPS) is 13.5. The molecule has 0 aliphatic carbocycles. The maximum atomic E-state index is 12.4. The molecule has 0 unspecified atom stereocenters. The van der Waals surface area contributed by atoms with E-state index in [0.717, 1.165) is 52.4 Å². The van der Waals surface area contributed by atoms with Gasteiger partial charge in [-0.05, 0) is 38.0 Å². The van der Waals surface area contributed by atoms with Crippen molar-refractivity contribution >= 4 is 11.6 Å². The van der Waals surface area contributed by atoms with Crippen LogP contribution in [0.5, 0.6) is 5.88 Å². The van der Waals surface area contributed by atoms with Gasteiger partial charge in [0.05, 0.1) is 7.11 Å². The molecular weight excluding hydrogens is 406 g/mol. The molecule has 32 heavy (non-hydrogen) atoms. The van der Waals surface area contributed by atoms with E-state index in [2.05, 4.69) is 21.0 Å². The van der Waals surface area contributed by atoms with Crippen LogP contribution in [0.1, 0.15) is 28.1 Å². The second-order valence-corrected chi connectivity index (χ2v) is 8.23. The molecule has 1 aliphatic rings. The van der Waals surface area contributed by atoms with Crippen LogP contribution in [-0.4, -0.2) is 42.8 Å². The summed E-state index contributed by atoms with van der Waals surface area (Å²) in [5.41, 5.74) is 7.10. The van der Waals surface area contributed by atoms with Crippen LogP contribution in [0, 0.1) is 20.8 Å². The molecule has 9 heteroatoms. The molecule has 0 spiro atoms. The number of rotatable bonds is 3. The first kappa shape index (κ1) is 20.2. The van der Waals surface area contributed by atoms with Gasteiger partial charge >= 0.3 is 5.69 Å². The molecule has 9 nitrogen and oxygen atoms in total. The maximum absolute atomic E-state index is 12.4. The molecule has 0 N–H and O–H groups in total. The minimum Gasteiger partial charge on any atom is -0.481 e. The fourth-order valence-electron chi connectivity index (χ4n) is 4.33. The number of ether oxygens (including phenoxy) is 1. The van der Waals surface area contributed by atoms with Crippen LogP contribution >= 0.6 is 0 Å². The molecule has 0 saturated carbocycles. The fourth-order valence-corrected chi connectivity index (χ4v) is 4.33. The molecule has 0 bridgehead atoms. The molecule has 5 heterocycles. The zero-order valence-electron chi connectivity index (χ0n) is 18.9. The number of nitrogens with zero attached hydrogens (tertiary/aromatic N) is 7. The Morgan fingerprint density at radius 2 is 1.91 bits per heavy atom. The number of pyridine rings is 2. The van der Waals surface area contributed by atoms with E-state index >= 15 is 0 Å². The first-order chi connectivity index (χ1) is 15.4. The Morgan fingerprint density at radius 1 is 1.09 bits per heavy atom. The molecular formula is C23H25N7O2. The Balaban J connectivity index is 1.53. The second kappa shape index (κ2) is 7.44. The quantitative estimate of drug-likeness (QED) is 0.492. The molecule has 0 fully saturated rings. The van der Waals surface area contributed by atoms with E-state index in [1.165, 1.54) is 10.2 Å². The third-order valence-electron chi connectivity index (χ3n) is 6.27. The molecule has 0 radical (unpaired) electrons. The van der Waals surface area contributed by atoms with Crippen LogP contribution in [0.15, 0.2) is 29.3 Å². The molecule has 4 aromatic heterocycles. The van der Waals surface area contributed by atoms with Crippen LogP contribution in [0.2, 0.25) is 0 Å². The van der Waals surface area contributed by atoms with E-state index in [1.54, 1.807) is 18.6 Å². The van der Waals surface area contributed by atoms with E-state index in [1.807, 2.05) is 39.2 Å². The van der Waals surface area contributed by atoms with Crippen LogP contribution in [0.3, 0.4) is 0 Å². The summed E-state index contributed by atoms with van der Waals surface area (Å²) in [5, 5.41) is 4.29. The highest BCUT2D eigenvalue weighted by Gasteiger charge is 2.23. The van der Waals surface area contributed by atoms with Gasteiger partial charge < -0.3 is 9.64 Å². The van der Waals surface area contributed by atoms with Crippen molar-refractivity contribution in [1.29, 1.82) is 0 Å². The number of anilines is 1. The Morgan fingerprint density at radius 3 is 2.66 bits per heavy atom. The van der Waals surface area contributed by atoms with Gasteiger partial charge in [-0.2, -0.15) is 4.98 Å². The van der Waals surface area contributed by atoms with Gasteiger partial charge in [0, 0.05) is 73.1 Å². The maximum Gasteiger partial charge on any atom is 0.351 e. The summed E-state index contributed by atoms with van der Waals surface area (Å²) >= 11 is 0. The monoisotopic (exact) mass is 431 g/mol. The van der Waals surface area contributed by atoms with Gasteiger partial charge in [-0.25, -0.2) is 18.9 Å². The topological polar surface area (TPSA) is 90.4 Å². The lowest BCUT2D eigenvalue weighted by Gasteiger charge is -2.31. The van der Waals surface area contributed by atoms with E-state index in [4.69, 9.17) is 14.7 Å². The van der Waals surface area contributed by atoms with Crippen LogP contribution < -0.4 is 15.3 Å². The summed E-state index contributed by atoms with van der Waals surface area (Å²) in [5.74, 6) is 1.89. The lowest BCUT2D eigenvalue weighted by Crippen LogP contribution is -2.33. The van der Waals surface area contributed by atoms with Crippen LogP contribution in [0.4, 0.5) is 5.82 Å². The number of hydrogen-bond donors (Lipinski definition) is 0. The summed E-state index contributed by atoms with van der Waals surface area (Å²) in [6.45, 7) is 7.49. The third kappa shape index (κ3) is 3.12. The zero-order chi connectivity index (χ0) is 22.6. The van der Waals surface area contributed by atoms with Crippen molar-refractivity contribution in [1.82, 2.24) is 29.1 Å². The van der Waals surface area contributed by atoms with Crippen molar-refractivity contribution in [3.05, 3.63) is 63.1 Å². The number of aryl methyl sites for hydroxylation is 3. The first-order valence-corrected chi connectivity index (χ1v) is 10.5. The van der Waals surface area contributed by atoms with Crippen LogP contribution in [0.25, 0.3) is 16.9 Å². The largest absolute Gasteiger partial charge is 0.481 e. The number of hydrogen-bond acceptors (Lipinski definition) is 7. The lowest BCUT2D eigenvalue weighted by atomic mass is 9.98. The SMILES string of the molecule is COc1cc(C)c(-c2cnc3c(c2)CN(c2nc4nn(C)c(=O)n4c(C)c2C)CC3)cn1.